The molecule has 0 amide bonds. The fraction of sp³-hybridized carbons (Fsp3) is 0.333. The highest BCUT2D eigenvalue weighted by Crippen LogP contribution is 2.33. The maximum absolute atomic E-state index is 9.46. The maximum atomic E-state index is 9.46. The predicted octanol–water partition coefficient (Wildman–Crippen LogP) is 1.22. The lowest BCUT2D eigenvalue weighted by atomic mass is 9.97. The molecule has 0 unspecified atom stereocenters. The smallest absolute Gasteiger partial charge is 0.122 e. The lowest BCUT2D eigenvalue weighted by molar-refractivity contribution is -0.0251. The minimum atomic E-state index is -0.817. The summed E-state index contributed by atoms with van der Waals surface area (Å²) in [6, 6.07) is 4.21. The molecule has 13 heavy (non-hydrogen) atoms. The second-order valence-corrected chi connectivity index (χ2v) is 3.33. The molecule has 0 atom stereocenters. The Kier molecular flexibility index (Phi) is 2.45. The van der Waals surface area contributed by atoms with Crippen molar-refractivity contribution in [3.8, 4) is 11.5 Å². The van der Waals surface area contributed by atoms with E-state index in [-0.39, 0.29) is 11.5 Å². The Morgan fingerprint density at radius 3 is 2.46 bits per heavy atom. The molecule has 0 aromatic heterocycles. The fourth-order valence-corrected chi connectivity index (χ4v) is 1.07. The van der Waals surface area contributed by atoms with Crippen LogP contribution in [0.2, 0.25) is 0 Å². The summed E-state index contributed by atoms with van der Waals surface area (Å²) in [6.45, 7) is 3.39. The van der Waals surface area contributed by atoms with Crippen LogP contribution in [0.15, 0.2) is 18.2 Å². The van der Waals surface area contributed by atoms with E-state index < -0.39 is 5.60 Å². The van der Waals surface area contributed by atoms with Crippen molar-refractivity contribution in [3.63, 3.8) is 0 Å². The van der Waals surface area contributed by atoms with Crippen molar-refractivity contribution in [1.82, 2.24) is 0 Å². The van der Waals surface area contributed by atoms with E-state index in [0.29, 0.717) is 5.56 Å². The molecule has 0 aliphatic rings. The van der Waals surface area contributed by atoms with Gasteiger partial charge in [-0.25, -0.2) is 5.90 Å². The molecule has 4 nitrogen and oxygen atoms in total. The number of hydrogen-bond donors (Lipinski definition) is 3. The molecule has 4 heteroatoms. The van der Waals surface area contributed by atoms with Gasteiger partial charge in [0.1, 0.15) is 17.1 Å². The Hall–Kier alpha value is -1.26. The van der Waals surface area contributed by atoms with Gasteiger partial charge in [0, 0.05) is 5.56 Å². The summed E-state index contributed by atoms with van der Waals surface area (Å²) in [7, 11) is 0. The van der Waals surface area contributed by atoms with Crippen molar-refractivity contribution >= 4 is 0 Å². The summed E-state index contributed by atoms with van der Waals surface area (Å²) in [5.74, 6) is 5.18. The number of aromatic hydroxyl groups is 2. The van der Waals surface area contributed by atoms with E-state index in [1.807, 2.05) is 0 Å². The van der Waals surface area contributed by atoms with Gasteiger partial charge >= 0.3 is 0 Å². The first kappa shape index (κ1) is 9.83. The summed E-state index contributed by atoms with van der Waals surface area (Å²) in [6.07, 6.45) is 0. The van der Waals surface area contributed by atoms with Crippen LogP contribution in [0.25, 0.3) is 0 Å². The lowest BCUT2D eigenvalue weighted by Gasteiger charge is -2.23. The van der Waals surface area contributed by atoms with Crippen LogP contribution >= 0.6 is 0 Å². The summed E-state index contributed by atoms with van der Waals surface area (Å²) in [5, 5.41) is 18.6. The number of phenols is 2. The van der Waals surface area contributed by atoms with Crippen LogP contribution in [0.5, 0.6) is 11.5 Å². The summed E-state index contributed by atoms with van der Waals surface area (Å²) in [4.78, 5) is 4.69. The van der Waals surface area contributed by atoms with Gasteiger partial charge in [0.15, 0.2) is 0 Å². The zero-order chi connectivity index (χ0) is 10.1. The van der Waals surface area contributed by atoms with Gasteiger partial charge in [-0.2, -0.15) is 0 Å². The van der Waals surface area contributed by atoms with Crippen LogP contribution in [0.1, 0.15) is 19.4 Å². The van der Waals surface area contributed by atoms with Crippen LogP contribution < -0.4 is 5.90 Å². The van der Waals surface area contributed by atoms with Crippen molar-refractivity contribution in [1.29, 1.82) is 0 Å². The quantitative estimate of drug-likeness (QED) is 0.476. The summed E-state index contributed by atoms with van der Waals surface area (Å²) >= 11 is 0. The third kappa shape index (κ3) is 1.91. The first-order valence-corrected chi connectivity index (χ1v) is 3.88. The third-order valence-corrected chi connectivity index (χ3v) is 1.92. The molecule has 0 spiro atoms. The van der Waals surface area contributed by atoms with Gasteiger partial charge in [-0.3, -0.25) is 4.84 Å². The molecule has 0 fully saturated rings. The molecule has 72 valence electrons. The molecule has 0 aliphatic heterocycles. The van der Waals surface area contributed by atoms with Crippen molar-refractivity contribution in [2.24, 2.45) is 5.90 Å². The largest absolute Gasteiger partial charge is 0.508 e. The second-order valence-electron chi connectivity index (χ2n) is 3.33. The van der Waals surface area contributed by atoms with E-state index in [1.54, 1.807) is 13.8 Å². The van der Waals surface area contributed by atoms with E-state index in [0.717, 1.165) is 0 Å². The van der Waals surface area contributed by atoms with Crippen LogP contribution in [0.4, 0.5) is 0 Å². The van der Waals surface area contributed by atoms with Gasteiger partial charge < -0.3 is 10.2 Å². The van der Waals surface area contributed by atoms with Crippen molar-refractivity contribution in [3.05, 3.63) is 23.8 Å². The van der Waals surface area contributed by atoms with E-state index in [1.165, 1.54) is 18.2 Å². The molecule has 0 heterocycles. The zero-order valence-electron chi connectivity index (χ0n) is 7.61. The molecule has 1 aromatic carbocycles. The third-order valence-electron chi connectivity index (χ3n) is 1.92. The average molecular weight is 183 g/mol. The van der Waals surface area contributed by atoms with E-state index in [2.05, 4.69) is 4.84 Å². The standard InChI is InChI=1S/C9H13NO3/c1-9(2,13-10)7-5-6(11)3-4-8(7)12/h3-5,11-12H,10H2,1-2H3. The first-order valence-electron chi connectivity index (χ1n) is 3.88. The second kappa shape index (κ2) is 3.24. The normalized spacial score (nSPS) is 11.6. The Morgan fingerprint density at radius 1 is 1.31 bits per heavy atom. The Morgan fingerprint density at radius 2 is 1.92 bits per heavy atom. The van der Waals surface area contributed by atoms with Gasteiger partial charge in [-0.15, -0.1) is 0 Å². The molecule has 0 bridgehead atoms. The predicted molar refractivity (Wildman–Crippen MR) is 48.1 cm³/mol. The molecule has 0 saturated carbocycles. The van der Waals surface area contributed by atoms with E-state index in [4.69, 9.17) is 5.90 Å². The minimum absolute atomic E-state index is 0.0493. The van der Waals surface area contributed by atoms with Gasteiger partial charge in [-0.1, -0.05) is 0 Å². The highest BCUT2D eigenvalue weighted by molar-refractivity contribution is 5.41. The van der Waals surface area contributed by atoms with Crippen LogP contribution in [0.3, 0.4) is 0 Å². The number of hydrogen-bond acceptors (Lipinski definition) is 4. The van der Waals surface area contributed by atoms with Gasteiger partial charge in [0.2, 0.25) is 0 Å². The molecular formula is C9H13NO3. The molecule has 4 N–H and O–H groups in total. The summed E-state index contributed by atoms with van der Waals surface area (Å²) < 4.78 is 0. The van der Waals surface area contributed by atoms with Gasteiger partial charge in [0.25, 0.3) is 0 Å². The highest BCUT2D eigenvalue weighted by Gasteiger charge is 2.24. The monoisotopic (exact) mass is 183 g/mol. The Balaban J connectivity index is 3.20. The molecule has 0 radical (unpaired) electrons. The fourth-order valence-electron chi connectivity index (χ4n) is 1.07. The Labute approximate surface area is 76.5 Å². The minimum Gasteiger partial charge on any atom is -0.508 e. The molecular weight excluding hydrogens is 170 g/mol. The SMILES string of the molecule is CC(C)(ON)c1cc(O)ccc1O. The van der Waals surface area contributed by atoms with E-state index >= 15 is 0 Å². The molecule has 1 rings (SSSR count). The molecule has 0 saturated heterocycles. The first-order chi connectivity index (χ1) is 5.97. The number of benzene rings is 1. The van der Waals surface area contributed by atoms with Crippen molar-refractivity contribution in [2.45, 2.75) is 19.4 Å². The summed E-state index contributed by atoms with van der Waals surface area (Å²) in [5.41, 5.74) is -0.363. The number of phenolic OH excluding ortho intramolecular Hbond substituents is 2. The van der Waals surface area contributed by atoms with Gasteiger partial charge in [0.05, 0.1) is 0 Å². The average Bonchev–Trinajstić information content (AvgIpc) is 2.09. The zero-order valence-corrected chi connectivity index (χ0v) is 7.61. The van der Waals surface area contributed by atoms with Gasteiger partial charge in [-0.05, 0) is 32.0 Å². The van der Waals surface area contributed by atoms with Crippen LogP contribution in [-0.2, 0) is 10.4 Å². The maximum Gasteiger partial charge on any atom is 0.122 e. The lowest BCUT2D eigenvalue weighted by Crippen LogP contribution is -2.25. The van der Waals surface area contributed by atoms with Crippen molar-refractivity contribution < 1.29 is 15.1 Å². The number of rotatable bonds is 2. The Bertz CT molecular complexity index is 310. The van der Waals surface area contributed by atoms with Crippen LogP contribution in [-0.4, -0.2) is 10.2 Å². The highest BCUT2D eigenvalue weighted by atomic mass is 16.6. The molecule has 0 aliphatic carbocycles. The van der Waals surface area contributed by atoms with Crippen molar-refractivity contribution in [2.75, 3.05) is 0 Å². The number of nitrogens with two attached hydrogens (primary N) is 1. The molecule has 1 aromatic rings. The topological polar surface area (TPSA) is 75.7 Å². The van der Waals surface area contributed by atoms with E-state index in [9.17, 15) is 10.2 Å². The van der Waals surface area contributed by atoms with Crippen LogP contribution in [0, 0.1) is 0 Å².